The lowest BCUT2D eigenvalue weighted by Crippen LogP contribution is -2.03. The van der Waals surface area contributed by atoms with E-state index >= 15 is 0 Å². The van der Waals surface area contributed by atoms with Crippen LogP contribution >= 0.6 is 0 Å². The molecule has 0 radical (unpaired) electrons. The van der Waals surface area contributed by atoms with Crippen molar-refractivity contribution in [1.29, 1.82) is 0 Å². The Hall–Kier alpha value is -6.78. The van der Waals surface area contributed by atoms with Gasteiger partial charge in [-0.15, -0.1) is 0 Å². The van der Waals surface area contributed by atoms with Crippen LogP contribution in [0.25, 0.3) is 105 Å². The fourth-order valence-electron chi connectivity index (χ4n) is 7.79. The van der Waals surface area contributed by atoms with E-state index in [1.165, 1.54) is 43.4 Å². The summed E-state index contributed by atoms with van der Waals surface area (Å²) < 4.78 is 8.68. The highest BCUT2D eigenvalue weighted by molar-refractivity contribution is 6.19. The quantitative estimate of drug-likeness (QED) is 0.194. The van der Waals surface area contributed by atoms with E-state index in [-0.39, 0.29) is 0 Å². The van der Waals surface area contributed by atoms with Crippen LogP contribution in [-0.4, -0.2) is 14.5 Å². The molecular formula is C46H27N3O. The van der Waals surface area contributed by atoms with Gasteiger partial charge in [-0.25, -0.2) is 9.97 Å². The average Bonchev–Trinajstić information content (AvgIpc) is 3.71. The van der Waals surface area contributed by atoms with E-state index in [1.807, 2.05) is 36.4 Å². The summed E-state index contributed by atoms with van der Waals surface area (Å²) in [7, 11) is 0. The van der Waals surface area contributed by atoms with E-state index in [9.17, 15) is 0 Å². The molecule has 0 fully saturated rings. The Morgan fingerprint density at radius 2 is 1.10 bits per heavy atom. The predicted molar refractivity (Wildman–Crippen MR) is 207 cm³/mol. The van der Waals surface area contributed by atoms with E-state index in [2.05, 4.69) is 132 Å². The Labute approximate surface area is 286 Å². The minimum absolute atomic E-state index is 0.783. The highest BCUT2D eigenvalue weighted by Gasteiger charge is 2.22. The van der Waals surface area contributed by atoms with Crippen molar-refractivity contribution >= 4 is 76.3 Å². The first kappa shape index (κ1) is 27.2. The third-order valence-electron chi connectivity index (χ3n) is 10.1. The van der Waals surface area contributed by atoms with Gasteiger partial charge in [0.05, 0.1) is 22.1 Å². The molecule has 8 aromatic carbocycles. The lowest BCUT2D eigenvalue weighted by atomic mass is 9.96. The molecule has 0 N–H and O–H groups in total. The molecule has 0 spiro atoms. The largest absolute Gasteiger partial charge is 0.456 e. The maximum atomic E-state index is 6.36. The molecule has 0 unspecified atom stereocenters. The number of hydrogen-bond donors (Lipinski definition) is 0. The SMILES string of the molecule is c1ccc2cc(-c3cccc4c3c3cc5ccccc5cc3n4-c3nc4ccccc4nc3-c3ccc4c(c3)oc3ccccc34)ccc2c1. The van der Waals surface area contributed by atoms with Crippen molar-refractivity contribution in [3.05, 3.63) is 164 Å². The summed E-state index contributed by atoms with van der Waals surface area (Å²) in [5.74, 6) is 0.783. The lowest BCUT2D eigenvalue weighted by molar-refractivity contribution is 0.669. The fraction of sp³-hybridized carbons (Fsp3) is 0. The molecule has 0 saturated carbocycles. The maximum Gasteiger partial charge on any atom is 0.165 e. The van der Waals surface area contributed by atoms with Gasteiger partial charge in [0.25, 0.3) is 0 Å². The normalized spacial score (nSPS) is 12.0. The third-order valence-corrected chi connectivity index (χ3v) is 10.1. The summed E-state index contributed by atoms with van der Waals surface area (Å²) in [6, 6.07) is 57.9. The molecule has 0 aliphatic heterocycles. The van der Waals surface area contributed by atoms with Gasteiger partial charge in [-0.2, -0.15) is 0 Å². The standard InChI is InChI=1S/C46H27N3O/c1-2-11-29-24-32(21-20-28(29)10-1)34-15-9-18-40-44(34)37-25-30-12-3-4-13-31(30)26-41(37)49(40)46-45(47-38-16-6-7-17-39(38)48-46)33-22-23-36-35-14-5-8-19-42(35)50-43(36)27-33/h1-27H. The highest BCUT2D eigenvalue weighted by atomic mass is 16.3. The van der Waals surface area contributed by atoms with Crippen molar-refractivity contribution in [1.82, 2.24) is 14.5 Å². The smallest absolute Gasteiger partial charge is 0.165 e. The molecule has 0 aliphatic carbocycles. The van der Waals surface area contributed by atoms with Crippen molar-refractivity contribution in [2.75, 3.05) is 0 Å². The van der Waals surface area contributed by atoms with Crippen LogP contribution in [0.5, 0.6) is 0 Å². The second-order valence-corrected chi connectivity index (χ2v) is 13.0. The van der Waals surface area contributed by atoms with Crippen molar-refractivity contribution in [3.8, 4) is 28.2 Å². The number of hydrogen-bond acceptors (Lipinski definition) is 3. The summed E-state index contributed by atoms with van der Waals surface area (Å²) in [6.45, 7) is 0. The van der Waals surface area contributed by atoms with Crippen LogP contribution in [0.4, 0.5) is 0 Å². The van der Waals surface area contributed by atoms with Crippen molar-refractivity contribution in [3.63, 3.8) is 0 Å². The Morgan fingerprint density at radius 1 is 0.420 bits per heavy atom. The second kappa shape index (κ2) is 10.4. The predicted octanol–water partition coefficient (Wildman–Crippen LogP) is 12.3. The molecule has 0 atom stereocenters. The molecule has 4 heteroatoms. The number of furan rings is 1. The molecule has 11 aromatic rings. The molecule has 0 aliphatic rings. The molecule has 50 heavy (non-hydrogen) atoms. The van der Waals surface area contributed by atoms with Crippen LogP contribution in [0.1, 0.15) is 0 Å². The zero-order valence-corrected chi connectivity index (χ0v) is 26.8. The molecule has 0 saturated heterocycles. The Kier molecular flexibility index (Phi) is 5.63. The zero-order valence-electron chi connectivity index (χ0n) is 26.8. The summed E-state index contributed by atoms with van der Waals surface area (Å²) in [4.78, 5) is 10.7. The number of nitrogens with zero attached hydrogens (tertiary/aromatic N) is 3. The van der Waals surface area contributed by atoms with Crippen LogP contribution < -0.4 is 0 Å². The minimum atomic E-state index is 0.783. The van der Waals surface area contributed by atoms with E-state index in [4.69, 9.17) is 14.4 Å². The van der Waals surface area contributed by atoms with Crippen molar-refractivity contribution in [2.24, 2.45) is 0 Å². The minimum Gasteiger partial charge on any atom is -0.456 e. The molecule has 0 amide bonds. The number of benzene rings is 8. The highest BCUT2D eigenvalue weighted by Crippen LogP contribution is 2.42. The summed E-state index contributed by atoms with van der Waals surface area (Å²) in [5.41, 5.74) is 9.68. The first-order chi connectivity index (χ1) is 24.8. The second-order valence-electron chi connectivity index (χ2n) is 13.0. The molecular weight excluding hydrogens is 611 g/mol. The zero-order chi connectivity index (χ0) is 32.8. The van der Waals surface area contributed by atoms with Crippen LogP contribution in [-0.2, 0) is 0 Å². The Balaban J connectivity index is 1.26. The maximum absolute atomic E-state index is 6.36. The summed E-state index contributed by atoms with van der Waals surface area (Å²) in [6.07, 6.45) is 0. The summed E-state index contributed by atoms with van der Waals surface area (Å²) in [5, 5.41) is 9.39. The first-order valence-electron chi connectivity index (χ1n) is 16.9. The monoisotopic (exact) mass is 637 g/mol. The van der Waals surface area contributed by atoms with Crippen LogP contribution in [0.2, 0.25) is 0 Å². The third kappa shape index (κ3) is 3.99. The van der Waals surface area contributed by atoms with Crippen molar-refractivity contribution < 1.29 is 4.42 Å². The van der Waals surface area contributed by atoms with E-state index < -0.39 is 0 Å². The molecule has 232 valence electrons. The molecule has 4 nitrogen and oxygen atoms in total. The molecule has 11 rings (SSSR count). The fourth-order valence-corrected chi connectivity index (χ4v) is 7.79. The van der Waals surface area contributed by atoms with Gasteiger partial charge in [0, 0.05) is 27.1 Å². The van der Waals surface area contributed by atoms with Gasteiger partial charge in [-0.05, 0) is 87.3 Å². The van der Waals surface area contributed by atoms with Gasteiger partial charge in [-0.3, -0.25) is 4.57 Å². The van der Waals surface area contributed by atoms with Gasteiger partial charge in [-0.1, -0.05) is 109 Å². The van der Waals surface area contributed by atoms with Crippen molar-refractivity contribution in [2.45, 2.75) is 0 Å². The number of para-hydroxylation sites is 3. The topological polar surface area (TPSA) is 43.9 Å². The van der Waals surface area contributed by atoms with Gasteiger partial charge in [0.2, 0.25) is 0 Å². The number of fused-ring (bicyclic) bond motifs is 9. The van der Waals surface area contributed by atoms with Gasteiger partial charge in [0.1, 0.15) is 16.9 Å². The average molecular weight is 638 g/mol. The Bertz CT molecular complexity index is 3170. The first-order valence-corrected chi connectivity index (χ1v) is 16.9. The van der Waals surface area contributed by atoms with Crippen LogP contribution in [0, 0.1) is 0 Å². The van der Waals surface area contributed by atoms with Gasteiger partial charge >= 0.3 is 0 Å². The van der Waals surface area contributed by atoms with E-state index in [1.54, 1.807) is 0 Å². The Morgan fingerprint density at radius 3 is 1.96 bits per heavy atom. The van der Waals surface area contributed by atoms with Gasteiger partial charge < -0.3 is 4.42 Å². The van der Waals surface area contributed by atoms with Crippen LogP contribution in [0.15, 0.2) is 168 Å². The number of aromatic nitrogens is 3. The lowest BCUT2D eigenvalue weighted by Gasteiger charge is -2.14. The molecule has 3 heterocycles. The summed E-state index contributed by atoms with van der Waals surface area (Å²) >= 11 is 0. The molecule has 3 aromatic heterocycles. The van der Waals surface area contributed by atoms with E-state index in [0.29, 0.717) is 0 Å². The number of rotatable bonds is 3. The van der Waals surface area contributed by atoms with Crippen LogP contribution in [0.3, 0.4) is 0 Å². The molecule has 0 bridgehead atoms. The van der Waals surface area contributed by atoms with E-state index in [0.717, 1.165) is 61.1 Å². The van der Waals surface area contributed by atoms with Gasteiger partial charge in [0.15, 0.2) is 5.82 Å².